The van der Waals surface area contributed by atoms with E-state index in [0.29, 0.717) is 35.3 Å². The molecule has 5 nitrogen and oxygen atoms in total. The van der Waals surface area contributed by atoms with Gasteiger partial charge in [-0.3, -0.25) is 9.59 Å². The summed E-state index contributed by atoms with van der Waals surface area (Å²) in [4.78, 5) is 27.3. The zero-order valence-corrected chi connectivity index (χ0v) is 18.7. The van der Waals surface area contributed by atoms with Gasteiger partial charge in [-0.05, 0) is 55.4 Å². The average Bonchev–Trinajstić information content (AvgIpc) is 3.07. The number of nitrogens with zero attached hydrogens (tertiary/aromatic N) is 1. The van der Waals surface area contributed by atoms with Crippen LogP contribution in [0.2, 0.25) is 0 Å². The van der Waals surface area contributed by atoms with Crippen LogP contribution >= 0.6 is 11.8 Å². The van der Waals surface area contributed by atoms with E-state index in [1.54, 1.807) is 24.3 Å². The fourth-order valence-electron chi connectivity index (χ4n) is 3.31. The van der Waals surface area contributed by atoms with Gasteiger partial charge < -0.3 is 9.47 Å². The molecule has 2 amide bonds. The van der Waals surface area contributed by atoms with Crippen molar-refractivity contribution < 1.29 is 19.1 Å². The number of para-hydroxylation sites is 3. The summed E-state index contributed by atoms with van der Waals surface area (Å²) in [6, 6.07) is 22.7. The zero-order valence-electron chi connectivity index (χ0n) is 17.9. The van der Waals surface area contributed by atoms with Crippen LogP contribution in [0.1, 0.15) is 23.6 Å². The molecule has 3 aromatic rings. The summed E-state index contributed by atoms with van der Waals surface area (Å²) in [6.07, 6.45) is 1.71. The molecule has 0 atom stereocenters. The third-order valence-corrected chi connectivity index (χ3v) is 5.79. The van der Waals surface area contributed by atoms with Crippen molar-refractivity contribution in [1.29, 1.82) is 0 Å². The van der Waals surface area contributed by atoms with Gasteiger partial charge in [-0.2, -0.15) is 0 Å². The van der Waals surface area contributed by atoms with E-state index in [1.807, 2.05) is 68.4 Å². The molecule has 6 heteroatoms. The first-order chi connectivity index (χ1) is 15.6. The monoisotopic (exact) mass is 445 g/mol. The summed E-state index contributed by atoms with van der Waals surface area (Å²) in [7, 11) is 0. The first-order valence-electron chi connectivity index (χ1n) is 10.3. The summed E-state index contributed by atoms with van der Waals surface area (Å²) in [5.74, 6) is 0.774. The predicted molar refractivity (Wildman–Crippen MR) is 128 cm³/mol. The van der Waals surface area contributed by atoms with E-state index in [-0.39, 0.29) is 11.1 Å². The number of anilines is 1. The van der Waals surface area contributed by atoms with E-state index in [0.717, 1.165) is 27.8 Å². The molecule has 162 valence electrons. The predicted octanol–water partition coefficient (Wildman–Crippen LogP) is 6.21. The second-order valence-corrected chi connectivity index (χ2v) is 8.22. The number of amides is 2. The number of rotatable bonds is 7. The van der Waals surface area contributed by atoms with Crippen molar-refractivity contribution in [3.63, 3.8) is 0 Å². The number of carbonyl (C=O) groups is 2. The van der Waals surface area contributed by atoms with Gasteiger partial charge in [0.05, 0.1) is 17.2 Å². The van der Waals surface area contributed by atoms with Crippen LogP contribution in [0.4, 0.5) is 10.5 Å². The molecule has 0 aliphatic carbocycles. The van der Waals surface area contributed by atoms with Gasteiger partial charge in [0.2, 0.25) is 0 Å². The van der Waals surface area contributed by atoms with Crippen LogP contribution < -0.4 is 14.4 Å². The lowest BCUT2D eigenvalue weighted by Crippen LogP contribution is -2.28. The van der Waals surface area contributed by atoms with Crippen molar-refractivity contribution >= 4 is 34.7 Å². The lowest BCUT2D eigenvalue weighted by molar-refractivity contribution is -0.113. The molecular weight excluding hydrogens is 422 g/mol. The Morgan fingerprint density at radius 2 is 1.56 bits per heavy atom. The van der Waals surface area contributed by atoms with Crippen LogP contribution in [0.15, 0.2) is 77.7 Å². The maximum atomic E-state index is 13.1. The van der Waals surface area contributed by atoms with Crippen LogP contribution in [0.3, 0.4) is 0 Å². The highest BCUT2D eigenvalue weighted by atomic mass is 32.2. The smallest absolute Gasteiger partial charge is 0.298 e. The molecule has 1 aliphatic rings. The van der Waals surface area contributed by atoms with E-state index in [2.05, 4.69) is 0 Å². The quantitative estimate of drug-likeness (QED) is 0.405. The van der Waals surface area contributed by atoms with Gasteiger partial charge in [-0.1, -0.05) is 60.2 Å². The number of thioether (sulfide) groups is 1. The van der Waals surface area contributed by atoms with Crippen molar-refractivity contribution in [2.75, 3.05) is 11.5 Å². The first-order valence-corrected chi connectivity index (χ1v) is 11.2. The largest absolute Gasteiger partial charge is 0.492 e. The molecule has 0 radical (unpaired) electrons. The lowest BCUT2D eigenvalue weighted by atomic mass is 10.1. The lowest BCUT2D eigenvalue weighted by Gasteiger charge is -2.16. The van der Waals surface area contributed by atoms with Crippen molar-refractivity contribution in [1.82, 2.24) is 0 Å². The normalized spacial score (nSPS) is 14.8. The number of aryl methyl sites for hydroxylation is 1. The Kier molecular flexibility index (Phi) is 6.61. The highest BCUT2D eigenvalue weighted by molar-refractivity contribution is 8.19. The van der Waals surface area contributed by atoms with Crippen molar-refractivity contribution in [2.45, 2.75) is 20.5 Å². The maximum absolute atomic E-state index is 13.1. The Balaban J connectivity index is 1.58. The Morgan fingerprint density at radius 1 is 0.875 bits per heavy atom. The molecule has 0 bridgehead atoms. The van der Waals surface area contributed by atoms with Gasteiger partial charge in [0.25, 0.3) is 11.1 Å². The molecule has 0 saturated carbocycles. The second-order valence-electron chi connectivity index (χ2n) is 7.23. The molecular formula is C26H23NO4S. The number of hydrogen-bond acceptors (Lipinski definition) is 5. The molecule has 1 fully saturated rings. The van der Waals surface area contributed by atoms with Gasteiger partial charge in [-0.15, -0.1) is 0 Å². The summed E-state index contributed by atoms with van der Waals surface area (Å²) < 4.78 is 11.6. The van der Waals surface area contributed by atoms with E-state index in [9.17, 15) is 9.59 Å². The third-order valence-electron chi connectivity index (χ3n) is 4.92. The van der Waals surface area contributed by atoms with Gasteiger partial charge in [0, 0.05) is 5.56 Å². The molecule has 32 heavy (non-hydrogen) atoms. The maximum Gasteiger partial charge on any atom is 0.298 e. The van der Waals surface area contributed by atoms with Gasteiger partial charge >= 0.3 is 0 Å². The van der Waals surface area contributed by atoms with Gasteiger partial charge in [0.1, 0.15) is 18.1 Å². The summed E-state index contributed by atoms with van der Waals surface area (Å²) >= 11 is 0.910. The third kappa shape index (κ3) is 4.70. The second kappa shape index (κ2) is 9.75. The Bertz CT molecular complexity index is 1170. The number of carbonyl (C=O) groups excluding carboxylic acids is 2. The van der Waals surface area contributed by atoms with Gasteiger partial charge in [0.15, 0.2) is 0 Å². The molecule has 3 aromatic carbocycles. The van der Waals surface area contributed by atoms with Crippen LogP contribution in [-0.2, 0) is 11.4 Å². The minimum atomic E-state index is -0.375. The van der Waals surface area contributed by atoms with E-state index < -0.39 is 0 Å². The summed E-state index contributed by atoms with van der Waals surface area (Å²) in [5, 5.41) is -0.355. The highest BCUT2D eigenvalue weighted by Crippen LogP contribution is 2.40. The SMILES string of the molecule is CCOc1ccccc1N1C(=O)S/C(=C\c2ccccc2OCc2ccc(C)cc2)C1=O. The Hall–Kier alpha value is -3.51. The van der Waals surface area contributed by atoms with Crippen LogP contribution in [0.5, 0.6) is 11.5 Å². The summed E-state index contributed by atoms with van der Waals surface area (Å²) in [5.41, 5.74) is 3.43. The fraction of sp³-hybridized carbons (Fsp3) is 0.154. The van der Waals surface area contributed by atoms with Gasteiger partial charge in [-0.25, -0.2) is 4.90 Å². The molecule has 0 aromatic heterocycles. The zero-order chi connectivity index (χ0) is 22.5. The van der Waals surface area contributed by atoms with E-state index in [4.69, 9.17) is 9.47 Å². The molecule has 1 saturated heterocycles. The Labute approximate surface area is 191 Å². The van der Waals surface area contributed by atoms with Crippen LogP contribution in [0, 0.1) is 6.92 Å². The minimum absolute atomic E-state index is 0.340. The summed E-state index contributed by atoms with van der Waals surface area (Å²) in [6.45, 7) is 4.75. The Morgan fingerprint density at radius 3 is 2.31 bits per heavy atom. The molecule has 0 N–H and O–H groups in total. The molecule has 1 heterocycles. The number of ether oxygens (including phenoxy) is 2. The molecule has 4 rings (SSSR count). The molecule has 0 unspecified atom stereocenters. The first kappa shape index (κ1) is 21.7. The molecule has 1 aliphatic heterocycles. The fourth-order valence-corrected chi connectivity index (χ4v) is 4.14. The number of benzene rings is 3. The highest BCUT2D eigenvalue weighted by Gasteiger charge is 2.37. The standard InChI is InChI=1S/C26H23NO4S/c1-3-30-23-11-7-5-9-21(23)27-25(28)24(32-26(27)29)16-20-8-4-6-10-22(20)31-17-19-14-12-18(2)13-15-19/h4-16H,3,17H2,1-2H3/b24-16-. The number of hydrogen-bond donors (Lipinski definition) is 0. The average molecular weight is 446 g/mol. The number of imide groups is 1. The van der Waals surface area contributed by atoms with Crippen molar-refractivity contribution in [3.8, 4) is 11.5 Å². The molecule has 0 spiro atoms. The topological polar surface area (TPSA) is 55.8 Å². The van der Waals surface area contributed by atoms with Crippen molar-refractivity contribution in [2.24, 2.45) is 0 Å². The van der Waals surface area contributed by atoms with E-state index in [1.165, 1.54) is 5.56 Å². The van der Waals surface area contributed by atoms with Crippen LogP contribution in [0.25, 0.3) is 6.08 Å². The van der Waals surface area contributed by atoms with Crippen LogP contribution in [-0.4, -0.2) is 17.8 Å². The van der Waals surface area contributed by atoms with E-state index >= 15 is 0 Å². The minimum Gasteiger partial charge on any atom is -0.492 e. The van der Waals surface area contributed by atoms with Crippen molar-refractivity contribution in [3.05, 3.63) is 94.4 Å².